The average Bonchev–Trinajstić information content (AvgIpc) is 2.60. The number of hydrogen-bond acceptors (Lipinski definition) is 2. The first-order chi connectivity index (χ1) is 11.2. The highest BCUT2D eigenvalue weighted by molar-refractivity contribution is 5.69. The molecular weight excluding hydrogens is 284 g/mol. The van der Waals surface area contributed by atoms with Crippen molar-refractivity contribution in [2.45, 2.75) is 96.5 Å². The minimum absolute atomic E-state index is 0.0407. The van der Waals surface area contributed by atoms with Crippen molar-refractivity contribution < 1.29 is 9.53 Å². The Morgan fingerprint density at radius 1 is 0.957 bits per heavy atom. The van der Waals surface area contributed by atoms with Gasteiger partial charge in [0.15, 0.2) is 0 Å². The first-order valence-electron chi connectivity index (χ1n) is 10.0. The van der Waals surface area contributed by atoms with E-state index in [1.807, 2.05) is 0 Å². The highest BCUT2D eigenvalue weighted by Crippen LogP contribution is 2.36. The summed E-state index contributed by atoms with van der Waals surface area (Å²) >= 11 is 0. The van der Waals surface area contributed by atoms with Gasteiger partial charge in [-0.3, -0.25) is 4.79 Å². The van der Waals surface area contributed by atoms with Gasteiger partial charge in [0, 0.05) is 6.42 Å². The summed E-state index contributed by atoms with van der Waals surface area (Å²) in [6, 6.07) is 0. The van der Waals surface area contributed by atoms with E-state index in [-0.39, 0.29) is 12.1 Å². The summed E-state index contributed by atoms with van der Waals surface area (Å²) < 4.78 is 5.57. The van der Waals surface area contributed by atoms with E-state index >= 15 is 0 Å². The van der Waals surface area contributed by atoms with Crippen molar-refractivity contribution in [3.63, 3.8) is 0 Å². The summed E-state index contributed by atoms with van der Waals surface area (Å²) in [5, 5.41) is 0. The summed E-state index contributed by atoms with van der Waals surface area (Å²) in [6.45, 7) is 5.99. The third-order valence-electron chi connectivity index (χ3n) is 6.17. The lowest BCUT2D eigenvalue weighted by molar-refractivity contribution is -0.150. The molecule has 0 aromatic carbocycles. The molecule has 0 unspecified atom stereocenters. The molecule has 0 amide bonds. The predicted octanol–water partition coefficient (Wildman–Crippen LogP) is 6.05. The van der Waals surface area contributed by atoms with Crippen LogP contribution in [0.4, 0.5) is 0 Å². The fraction of sp³-hybridized carbons (Fsp3) is 0.857. The molecule has 0 aliphatic heterocycles. The molecule has 2 saturated carbocycles. The molecule has 2 heteroatoms. The first-order valence-corrected chi connectivity index (χ1v) is 10.0. The van der Waals surface area contributed by atoms with E-state index in [1.54, 1.807) is 6.08 Å². The van der Waals surface area contributed by atoms with Crippen LogP contribution >= 0.6 is 0 Å². The largest absolute Gasteiger partial charge is 0.462 e. The van der Waals surface area contributed by atoms with Crippen molar-refractivity contribution in [1.82, 2.24) is 0 Å². The fourth-order valence-electron chi connectivity index (χ4n) is 4.40. The van der Waals surface area contributed by atoms with Gasteiger partial charge in [0.2, 0.25) is 0 Å². The maximum Gasteiger partial charge on any atom is 0.306 e. The van der Waals surface area contributed by atoms with Gasteiger partial charge < -0.3 is 4.74 Å². The van der Waals surface area contributed by atoms with Gasteiger partial charge in [0.05, 0.1) is 0 Å². The molecule has 2 aliphatic carbocycles. The Morgan fingerprint density at radius 2 is 1.48 bits per heavy atom. The molecule has 2 rings (SSSR count). The lowest BCUT2D eigenvalue weighted by atomic mass is 9.76. The number of hydrogen-bond donors (Lipinski definition) is 0. The fourth-order valence-corrected chi connectivity index (χ4v) is 4.40. The van der Waals surface area contributed by atoms with Gasteiger partial charge in [-0.05, 0) is 49.9 Å². The molecule has 132 valence electrons. The third-order valence-corrected chi connectivity index (χ3v) is 6.17. The second kappa shape index (κ2) is 10.2. The molecule has 2 nitrogen and oxygen atoms in total. The van der Waals surface area contributed by atoms with Crippen LogP contribution in [0.2, 0.25) is 0 Å². The summed E-state index contributed by atoms with van der Waals surface area (Å²) in [6.07, 6.45) is 17.9. The van der Waals surface area contributed by atoms with Crippen LogP contribution in [0.15, 0.2) is 12.7 Å². The molecule has 0 saturated heterocycles. The molecule has 0 atom stereocenters. The predicted molar refractivity (Wildman–Crippen MR) is 96.2 cm³/mol. The Balaban J connectivity index is 1.56. The van der Waals surface area contributed by atoms with Gasteiger partial charge in [-0.2, -0.15) is 0 Å². The normalized spacial score (nSPS) is 31.5. The van der Waals surface area contributed by atoms with Crippen molar-refractivity contribution >= 4 is 5.97 Å². The smallest absolute Gasteiger partial charge is 0.306 e. The maximum absolute atomic E-state index is 11.7. The van der Waals surface area contributed by atoms with Gasteiger partial charge in [-0.1, -0.05) is 57.9 Å². The molecule has 0 aromatic rings. The average molecular weight is 321 g/mol. The SMILES string of the molecule is C=CCCC(=O)OC1CCC(CC[C@H]2CC[C@H](CC)CC2)CC1. The van der Waals surface area contributed by atoms with Crippen LogP contribution in [-0.2, 0) is 9.53 Å². The molecule has 2 fully saturated rings. The standard InChI is InChI=1S/C21H36O2/c1-3-5-6-21(22)23-20-15-13-19(14-16-20)12-11-18-9-7-17(4-2)8-10-18/h3,17-20H,1,4-16H2,2H3/t17-,18-,19?,20?. The van der Waals surface area contributed by atoms with Crippen LogP contribution in [0.5, 0.6) is 0 Å². The Bertz CT molecular complexity index is 347. The molecule has 0 heterocycles. The van der Waals surface area contributed by atoms with E-state index in [0.29, 0.717) is 6.42 Å². The Kier molecular flexibility index (Phi) is 8.19. The van der Waals surface area contributed by atoms with Crippen LogP contribution in [-0.4, -0.2) is 12.1 Å². The van der Waals surface area contributed by atoms with Crippen LogP contribution in [0.1, 0.15) is 90.4 Å². The maximum atomic E-state index is 11.7. The molecular formula is C21H36O2. The number of rotatable bonds is 8. The molecule has 23 heavy (non-hydrogen) atoms. The Morgan fingerprint density at radius 3 is 2.00 bits per heavy atom. The second-order valence-corrected chi connectivity index (χ2v) is 7.83. The van der Waals surface area contributed by atoms with E-state index in [2.05, 4.69) is 13.5 Å². The number of esters is 1. The Hall–Kier alpha value is -0.790. The number of ether oxygens (including phenoxy) is 1. The minimum Gasteiger partial charge on any atom is -0.462 e. The topological polar surface area (TPSA) is 26.3 Å². The zero-order valence-corrected chi connectivity index (χ0v) is 15.1. The van der Waals surface area contributed by atoms with Gasteiger partial charge in [0.25, 0.3) is 0 Å². The van der Waals surface area contributed by atoms with E-state index in [0.717, 1.165) is 37.0 Å². The minimum atomic E-state index is -0.0407. The number of allylic oxidation sites excluding steroid dienone is 1. The first kappa shape index (κ1) is 18.5. The molecule has 0 aromatic heterocycles. The van der Waals surface area contributed by atoms with Crippen LogP contribution < -0.4 is 0 Å². The Labute approximate surface area is 143 Å². The van der Waals surface area contributed by atoms with E-state index < -0.39 is 0 Å². The van der Waals surface area contributed by atoms with Gasteiger partial charge in [-0.15, -0.1) is 6.58 Å². The lowest BCUT2D eigenvalue weighted by Gasteiger charge is -2.31. The summed E-state index contributed by atoms with van der Waals surface area (Å²) in [5.74, 6) is 2.84. The quantitative estimate of drug-likeness (QED) is 0.402. The van der Waals surface area contributed by atoms with Crippen molar-refractivity contribution in [3.8, 4) is 0 Å². The number of carbonyl (C=O) groups excluding carboxylic acids is 1. The van der Waals surface area contributed by atoms with Crippen LogP contribution in [0.3, 0.4) is 0 Å². The highest BCUT2D eigenvalue weighted by atomic mass is 16.5. The van der Waals surface area contributed by atoms with Crippen molar-refractivity contribution in [3.05, 3.63) is 12.7 Å². The monoisotopic (exact) mass is 320 g/mol. The third kappa shape index (κ3) is 6.69. The summed E-state index contributed by atoms with van der Waals surface area (Å²) in [7, 11) is 0. The summed E-state index contributed by atoms with van der Waals surface area (Å²) in [5.41, 5.74) is 0. The van der Waals surface area contributed by atoms with E-state index in [4.69, 9.17) is 4.74 Å². The van der Waals surface area contributed by atoms with Crippen LogP contribution in [0.25, 0.3) is 0 Å². The second-order valence-electron chi connectivity index (χ2n) is 7.83. The van der Waals surface area contributed by atoms with Crippen LogP contribution in [0, 0.1) is 17.8 Å². The van der Waals surface area contributed by atoms with Gasteiger partial charge in [-0.25, -0.2) is 0 Å². The van der Waals surface area contributed by atoms with Crippen molar-refractivity contribution in [2.75, 3.05) is 0 Å². The van der Waals surface area contributed by atoms with E-state index in [1.165, 1.54) is 57.8 Å². The van der Waals surface area contributed by atoms with Crippen molar-refractivity contribution in [2.24, 2.45) is 17.8 Å². The van der Waals surface area contributed by atoms with Gasteiger partial charge >= 0.3 is 5.97 Å². The van der Waals surface area contributed by atoms with Gasteiger partial charge in [0.1, 0.15) is 6.10 Å². The summed E-state index contributed by atoms with van der Waals surface area (Å²) in [4.78, 5) is 11.7. The molecule has 0 N–H and O–H groups in total. The molecule has 0 radical (unpaired) electrons. The molecule has 2 aliphatic rings. The van der Waals surface area contributed by atoms with Crippen molar-refractivity contribution in [1.29, 1.82) is 0 Å². The number of carbonyl (C=O) groups is 1. The van der Waals surface area contributed by atoms with E-state index in [9.17, 15) is 4.79 Å². The molecule has 0 bridgehead atoms. The zero-order chi connectivity index (χ0) is 16.5. The highest BCUT2D eigenvalue weighted by Gasteiger charge is 2.25. The lowest BCUT2D eigenvalue weighted by Crippen LogP contribution is -2.25. The zero-order valence-electron chi connectivity index (χ0n) is 15.1. The molecule has 0 spiro atoms.